The fourth-order valence-corrected chi connectivity index (χ4v) is 6.09. The number of aromatic nitrogens is 1. The lowest BCUT2D eigenvalue weighted by Crippen LogP contribution is -2.39. The molecule has 1 amide bonds. The number of halogens is 1. The summed E-state index contributed by atoms with van der Waals surface area (Å²) >= 11 is 0. The van der Waals surface area contributed by atoms with E-state index in [4.69, 9.17) is 0 Å². The zero-order valence-electron chi connectivity index (χ0n) is 18.5. The fourth-order valence-electron chi connectivity index (χ4n) is 5.57. The molecule has 8 heteroatoms. The average Bonchev–Trinajstić information content (AvgIpc) is 3.17. The predicted octanol–water partition coefficient (Wildman–Crippen LogP) is 3.65. The second-order valence-corrected chi connectivity index (χ2v) is 11.2. The molecule has 2 saturated carbocycles. The quantitative estimate of drug-likeness (QED) is 0.634. The number of rotatable bonds is 7. The number of nitrogens with zero attached hydrogens (tertiary/aromatic N) is 1. The second kappa shape index (κ2) is 8.54. The van der Waals surface area contributed by atoms with Crippen LogP contribution in [0.4, 0.5) is 4.39 Å². The van der Waals surface area contributed by atoms with Crippen LogP contribution in [0.3, 0.4) is 0 Å². The number of nitrogens with one attached hydrogen (secondary N) is 2. The van der Waals surface area contributed by atoms with Crippen LogP contribution in [0.25, 0.3) is 10.9 Å². The van der Waals surface area contributed by atoms with Crippen LogP contribution < -0.4 is 10.0 Å². The van der Waals surface area contributed by atoms with E-state index in [2.05, 4.69) is 10.0 Å². The third-order valence-electron chi connectivity index (χ3n) is 6.99. The Morgan fingerprint density at radius 1 is 1.16 bits per heavy atom. The standard InChI is InChI=1S/C23H32FN3O3S/c1-14-5-8-19-20(23(28)26-18-12-16-6-7-17(11-16)13-18)15(2)27(22(19)21(14)24)10-4-9-25-31(3,29)30/h5,8,16-18,25H,4,6-7,9-13H2,1-3H3,(H,26,28). The topological polar surface area (TPSA) is 80.2 Å². The van der Waals surface area contributed by atoms with Crippen molar-refractivity contribution in [2.24, 2.45) is 11.8 Å². The molecular weight excluding hydrogens is 417 g/mol. The normalized spacial score (nSPS) is 23.4. The molecular formula is C23H32FN3O3S. The van der Waals surface area contributed by atoms with Gasteiger partial charge in [-0.1, -0.05) is 25.0 Å². The molecule has 1 aromatic carbocycles. The van der Waals surface area contributed by atoms with Crippen molar-refractivity contribution < 1.29 is 17.6 Å². The highest BCUT2D eigenvalue weighted by Gasteiger charge is 2.35. The van der Waals surface area contributed by atoms with Crippen LogP contribution >= 0.6 is 0 Å². The Morgan fingerprint density at radius 3 is 2.48 bits per heavy atom. The fraction of sp³-hybridized carbons (Fsp3) is 0.609. The molecule has 2 aromatic rings. The van der Waals surface area contributed by atoms with Gasteiger partial charge in [-0.05, 0) is 56.9 Å². The SMILES string of the molecule is Cc1ccc2c(C(=O)NC3CC4CCC(C4)C3)c(C)n(CCCNS(C)(=O)=O)c2c1F. The van der Waals surface area contributed by atoms with Crippen LogP contribution in [0, 0.1) is 31.5 Å². The van der Waals surface area contributed by atoms with Crippen molar-refractivity contribution in [2.75, 3.05) is 12.8 Å². The summed E-state index contributed by atoms with van der Waals surface area (Å²) in [6.45, 7) is 4.24. The number of fused-ring (bicyclic) bond motifs is 3. The first-order valence-corrected chi connectivity index (χ1v) is 13.1. The van der Waals surface area contributed by atoms with Crippen LogP contribution in [0.2, 0.25) is 0 Å². The number of hydrogen-bond acceptors (Lipinski definition) is 3. The Morgan fingerprint density at radius 2 is 1.84 bits per heavy atom. The summed E-state index contributed by atoms with van der Waals surface area (Å²) in [5.74, 6) is 0.972. The highest BCUT2D eigenvalue weighted by molar-refractivity contribution is 7.88. The first kappa shape index (κ1) is 22.3. The van der Waals surface area contributed by atoms with Gasteiger partial charge in [0.05, 0.1) is 17.3 Å². The number of carbonyl (C=O) groups is 1. The van der Waals surface area contributed by atoms with Crippen LogP contribution in [-0.4, -0.2) is 37.7 Å². The first-order chi connectivity index (χ1) is 14.6. The van der Waals surface area contributed by atoms with E-state index in [9.17, 15) is 13.2 Å². The summed E-state index contributed by atoms with van der Waals surface area (Å²) in [4.78, 5) is 13.3. The molecule has 2 atom stereocenters. The molecule has 1 aromatic heterocycles. The molecule has 170 valence electrons. The van der Waals surface area contributed by atoms with E-state index in [0.717, 1.165) is 24.8 Å². The number of sulfonamides is 1. The summed E-state index contributed by atoms with van der Waals surface area (Å²) < 4.78 is 42.1. The van der Waals surface area contributed by atoms with E-state index >= 15 is 4.39 Å². The average molecular weight is 450 g/mol. The Balaban J connectivity index is 1.61. The highest BCUT2D eigenvalue weighted by Crippen LogP contribution is 2.42. The van der Waals surface area contributed by atoms with Gasteiger partial charge in [-0.25, -0.2) is 17.5 Å². The van der Waals surface area contributed by atoms with E-state index in [1.165, 1.54) is 19.3 Å². The number of hydrogen-bond donors (Lipinski definition) is 2. The number of benzene rings is 1. The molecule has 0 spiro atoms. The largest absolute Gasteiger partial charge is 0.349 e. The van der Waals surface area contributed by atoms with E-state index in [1.54, 1.807) is 13.0 Å². The van der Waals surface area contributed by atoms with E-state index in [0.29, 0.717) is 46.8 Å². The number of aryl methyl sites for hydroxylation is 2. The molecule has 31 heavy (non-hydrogen) atoms. The maximum absolute atomic E-state index is 15.1. The van der Waals surface area contributed by atoms with Crippen molar-refractivity contribution in [2.45, 2.75) is 65.0 Å². The van der Waals surface area contributed by atoms with Gasteiger partial charge in [0.2, 0.25) is 10.0 Å². The molecule has 0 saturated heterocycles. The minimum atomic E-state index is -3.27. The lowest BCUT2D eigenvalue weighted by atomic mass is 9.85. The van der Waals surface area contributed by atoms with Gasteiger partial charge in [-0.2, -0.15) is 0 Å². The van der Waals surface area contributed by atoms with Crippen molar-refractivity contribution in [3.8, 4) is 0 Å². The second-order valence-electron chi connectivity index (χ2n) is 9.41. The summed E-state index contributed by atoms with van der Waals surface area (Å²) in [5.41, 5.74) is 2.19. The van der Waals surface area contributed by atoms with Gasteiger partial charge in [-0.3, -0.25) is 4.79 Å². The summed E-state index contributed by atoms with van der Waals surface area (Å²) in [7, 11) is -3.27. The van der Waals surface area contributed by atoms with Crippen LogP contribution in [0.1, 0.15) is 60.1 Å². The van der Waals surface area contributed by atoms with Gasteiger partial charge in [0.1, 0.15) is 5.82 Å². The Kier molecular flexibility index (Phi) is 6.14. The number of carbonyl (C=O) groups excluding carboxylic acids is 1. The Bertz CT molecular complexity index is 1100. The van der Waals surface area contributed by atoms with Crippen molar-refractivity contribution in [1.29, 1.82) is 0 Å². The van der Waals surface area contributed by atoms with Crippen molar-refractivity contribution in [3.05, 3.63) is 34.8 Å². The van der Waals surface area contributed by atoms with Crippen molar-refractivity contribution >= 4 is 26.8 Å². The smallest absolute Gasteiger partial charge is 0.253 e. The lowest BCUT2D eigenvalue weighted by Gasteiger charge is -2.28. The van der Waals surface area contributed by atoms with Gasteiger partial charge in [-0.15, -0.1) is 0 Å². The molecule has 4 rings (SSSR count). The molecule has 1 heterocycles. The third kappa shape index (κ3) is 4.65. The molecule has 0 radical (unpaired) electrons. The van der Waals surface area contributed by atoms with Gasteiger partial charge in [0.25, 0.3) is 5.91 Å². The van der Waals surface area contributed by atoms with Gasteiger partial charge in [0.15, 0.2) is 0 Å². The van der Waals surface area contributed by atoms with E-state index < -0.39 is 10.0 Å². The molecule has 2 unspecified atom stereocenters. The minimum Gasteiger partial charge on any atom is -0.349 e. The minimum absolute atomic E-state index is 0.134. The number of amides is 1. The first-order valence-electron chi connectivity index (χ1n) is 11.2. The van der Waals surface area contributed by atoms with E-state index in [1.807, 2.05) is 17.6 Å². The summed E-state index contributed by atoms with van der Waals surface area (Å²) in [6.07, 6.45) is 7.50. The Labute approximate surface area is 183 Å². The molecule has 2 fully saturated rings. The van der Waals surface area contributed by atoms with Crippen LogP contribution in [-0.2, 0) is 16.6 Å². The van der Waals surface area contributed by atoms with Gasteiger partial charge < -0.3 is 9.88 Å². The van der Waals surface area contributed by atoms with Crippen molar-refractivity contribution in [1.82, 2.24) is 14.6 Å². The van der Waals surface area contributed by atoms with Gasteiger partial charge in [0, 0.05) is 30.2 Å². The maximum atomic E-state index is 15.1. The summed E-state index contributed by atoms with van der Waals surface area (Å²) in [5, 5.41) is 3.86. The molecule has 2 aliphatic rings. The lowest BCUT2D eigenvalue weighted by molar-refractivity contribution is 0.0919. The molecule has 2 aliphatic carbocycles. The predicted molar refractivity (Wildman–Crippen MR) is 120 cm³/mol. The van der Waals surface area contributed by atoms with Gasteiger partial charge >= 0.3 is 0 Å². The third-order valence-corrected chi connectivity index (χ3v) is 7.71. The maximum Gasteiger partial charge on any atom is 0.253 e. The van der Waals surface area contributed by atoms with E-state index in [-0.39, 0.29) is 24.3 Å². The molecule has 6 nitrogen and oxygen atoms in total. The monoisotopic (exact) mass is 449 g/mol. The van der Waals surface area contributed by atoms with Crippen LogP contribution in [0.15, 0.2) is 12.1 Å². The van der Waals surface area contributed by atoms with Crippen LogP contribution in [0.5, 0.6) is 0 Å². The summed E-state index contributed by atoms with van der Waals surface area (Å²) in [6, 6.07) is 3.72. The Hall–Kier alpha value is -1.93. The zero-order valence-corrected chi connectivity index (χ0v) is 19.3. The molecule has 2 N–H and O–H groups in total. The zero-order chi connectivity index (χ0) is 22.3. The molecule has 2 bridgehead atoms. The molecule has 0 aliphatic heterocycles. The van der Waals surface area contributed by atoms with Crippen molar-refractivity contribution in [3.63, 3.8) is 0 Å². The highest BCUT2D eigenvalue weighted by atomic mass is 32.2.